The molecule has 0 aromatic heterocycles. The second-order valence-electron chi connectivity index (χ2n) is 5.09. The van der Waals surface area contributed by atoms with E-state index in [0.29, 0.717) is 0 Å². The summed E-state index contributed by atoms with van der Waals surface area (Å²) in [4.78, 5) is 0. The highest BCUT2D eigenvalue weighted by Gasteiger charge is 2.32. The minimum absolute atomic E-state index is 0.208. The van der Waals surface area contributed by atoms with Crippen molar-refractivity contribution in [1.82, 2.24) is 0 Å². The second-order valence-corrected chi connectivity index (χ2v) is 5.53. The van der Waals surface area contributed by atoms with Gasteiger partial charge in [-0.25, -0.2) is 0 Å². The van der Waals surface area contributed by atoms with E-state index in [4.69, 9.17) is 11.6 Å². The molecule has 0 atom stereocenters. The van der Waals surface area contributed by atoms with Crippen molar-refractivity contribution in [3.05, 3.63) is 0 Å². The first-order chi connectivity index (χ1) is 4.15. The molecule has 0 aliphatic carbocycles. The minimum Gasteiger partial charge on any atom is -0.122 e. The summed E-state index contributed by atoms with van der Waals surface area (Å²) >= 11 is 6.23. The van der Waals surface area contributed by atoms with E-state index in [1.54, 1.807) is 0 Å². The summed E-state index contributed by atoms with van der Waals surface area (Å²) in [6.07, 6.45) is 0. The van der Waals surface area contributed by atoms with Gasteiger partial charge in [-0.2, -0.15) is 0 Å². The molecule has 0 aromatic rings. The lowest BCUT2D eigenvalue weighted by molar-refractivity contribution is 0.243. The van der Waals surface area contributed by atoms with Gasteiger partial charge in [0.1, 0.15) is 0 Å². The predicted octanol–water partition coefficient (Wildman–Crippen LogP) is 3.69. The number of hydrogen-bond donors (Lipinski definition) is 0. The van der Waals surface area contributed by atoms with Gasteiger partial charge >= 0.3 is 0 Å². The van der Waals surface area contributed by atoms with E-state index in [1.165, 1.54) is 0 Å². The Hall–Kier alpha value is 0.290. The second kappa shape index (κ2) is 2.73. The maximum atomic E-state index is 6.23. The molecule has 0 spiro atoms. The van der Waals surface area contributed by atoms with Crippen LogP contribution in [0.2, 0.25) is 0 Å². The van der Waals surface area contributed by atoms with Crippen molar-refractivity contribution in [3.8, 4) is 0 Å². The van der Waals surface area contributed by atoms with Crippen LogP contribution in [0.25, 0.3) is 0 Å². The van der Waals surface area contributed by atoms with Crippen molar-refractivity contribution in [2.75, 3.05) is 0 Å². The van der Waals surface area contributed by atoms with E-state index in [9.17, 15) is 0 Å². The molecule has 0 fully saturated rings. The molecule has 1 heteroatoms. The van der Waals surface area contributed by atoms with Crippen molar-refractivity contribution in [2.45, 2.75) is 46.9 Å². The maximum Gasteiger partial charge on any atom is 0.0432 e. The molecule has 0 heterocycles. The summed E-state index contributed by atoms with van der Waals surface area (Å²) in [5.41, 5.74) is 0.416. The van der Waals surface area contributed by atoms with Crippen molar-refractivity contribution in [2.24, 2.45) is 10.8 Å². The molecule has 0 nitrogen and oxygen atoms in total. The van der Waals surface area contributed by atoms with E-state index in [2.05, 4.69) is 41.5 Å². The summed E-state index contributed by atoms with van der Waals surface area (Å²) < 4.78 is 0. The highest BCUT2D eigenvalue weighted by atomic mass is 35.5. The monoisotopic (exact) mass is 162 g/mol. The molecular weight excluding hydrogens is 144 g/mol. The Morgan fingerprint density at radius 3 is 1.00 bits per heavy atom. The zero-order chi connectivity index (χ0) is 8.58. The molecule has 0 aromatic carbocycles. The first kappa shape index (κ1) is 10.3. The fourth-order valence-electron chi connectivity index (χ4n) is 1.30. The van der Waals surface area contributed by atoms with Crippen LogP contribution in [-0.4, -0.2) is 5.38 Å². The Morgan fingerprint density at radius 2 is 1.00 bits per heavy atom. The molecule has 0 unspecified atom stereocenters. The van der Waals surface area contributed by atoms with Gasteiger partial charge in [0.2, 0.25) is 0 Å². The molecule has 62 valence electrons. The molecule has 0 saturated heterocycles. The maximum absolute atomic E-state index is 6.23. The number of alkyl halides is 1. The first-order valence-corrected chi connectivity index (χ1v) is 4.23. The van der Waals surface area contributed by atoms with Crippen molar-refractivity contribution in [1.29, 1.82) is 0 Å². The topological polar surface area (TPSA) is 0 Å². The molecule has 0 aliphatic rings. The van der Waals surface area contributed by atoms with Crippen molar-refractivity contribution < 1.29 is 0 Å². The zero-order valence-corrected chi connectivity index (χ0v) is 8.71. The van der Waals surface area contributed by atoms with Gasteiger partial charge in [0.15, 0.2) is 0 Å². The van der Waals surface area contributed by atoms with Gasteiger partial charge < -0.3 is 0 Å². The smallest absolute Gasteiger partial charge is 0.0432 e. The van der Waals surface area contributed by atoms with E-state index < -0.39 is 0 Å². The molecule has 0 radical (unpaired) electrons. The zero-order valence-electron chi connectivity index (χ0n) is 7.96. The molecule has 0 rings (SSSR count). The van der Waals surface area contributed by atoms with Crippen LogP contribution in [0.1, 0.15) is 41.5 Å². The lowest BCUT2D eigenvalue weighted by atomic mass is 9.77. The predicted molar refractivity (Wildman–Crippen MR) is 48.6 cm³/mol. The van der Waals surface area contributed by atoms with E-state index in [1.807, 2.05) is 0 Å². The van der Waals surface area contributed by atoms with Crippen molar-refractivity contribution in [3.63, 3.8) is 0 Å². The van der Waals surface area contributed by atoms with Crippen LogP contribution in [0.4, 0.5) is 0 Å². The molecular formula is C9H19Cl. The summed E-state index contributed by atoms with van der Waals surface area (Å²) in [6, 6.07) is 0. The Labute approximate surface area is 70.0 Å². The number of hydrogen-bond acceptors (Lipinski definition) is 0. The van der Waals surface area contributed by atoms with Gasteiger partial charge in [0.25, 0.3) is 0 Å². The van der Waals surface area contributed by atoms with Crippen LogP contribution in [0.15, 0.2) is 0 Å². The van der Waals surface area contributed by atoms with Gasteiger partial charge in [0.05, 0.1) is 0 Å². The van der Waals surface area contributed by atoms with Gasteiger partial charge in [-0.05, 0) is 10.8 Å². The highest BCUT2D eigenvalue weighted by Crippen LogP contribution is 2.37. The Kier molecular flexibility index (Phi) is 2.81. The number of rotatable bonds is 0. The van der Waals surface area contributed by atoms with Crippen LogP contribution in [0, 0.1) is 10.8 Å². The van der Waals surface area contributed by atoms with Gasteiger partial charge in [0, 0.05) is 5.38 Å². The fourth-order valence-corrected chi connectivity index (χ4v) is 1.30. The highest BCUT2D eigenvalue weighted by molar-refractivity contribution is 6.21. The van der Waals surface area contributed by atoms with Crippen LogP contribution in [0.5, 0.6) is 0 Å². The lowest BCUT2D eigenvalue weighted by Crippen LogP contribution is -2.33. The normalized spacial score (nSPS) is 14.4. The molecule has 0 saturated carbocycles. The van der Waals surface area contributed by atoms with E-state index in [-0.39, 0.29) is 16.2 Å². The third-order valence-electron chi connectivity index (χ3n) is 1.52. The van der Waals surface area contributed by atoms with Crippen LogP contribution < -0.4 is 0 Å². The first-order valence-electron chi connectivity index (χ1n) is 3.80. The average molecular weight is 163 g/mol. The van der Waals surface area contributed by atoms with Crippen LogP contribution in [-0.2, 0) is 0 Å². The number of halogens is 1. The van der Waals surface area contributed by atoms with Crippen LogP contribution in [0.3, 0.4) is 0 Å². The van der Waals surface area contributed by atoms with Crippen LogP contribution >= 0.6 is 11.6 Å². The summed E-state index contributed by atoms with van der Waals surface area (Å²) in [5, 5.41) is 0.236. The summed E-state index contributed by atoms with van der Waals surface area (Å²) in [5.74, 6) is 0. The van der Waals surface area contributed by atoms with Gasteiger partial charge in [-0.3, -0.25) is 0 Å². The minimum atomic E-state index is 0.208. The Morgan fingerprint density at radius 1 is 0.800 bits per heavy atom. The average Bonchev–Trinajstić information content (AvgIpc) is 1.59. The Balaban J connectivity index is 4.23. The molecule has 0 aliphatic heterocycles. The fraction of sp³-hybridized carbons (Fsp3) is 1.00. The third-order valence-corrected chi connectivity index (χ3v) is 2.83. The molecule has 0 bridgehead atoms. The molecule has 0 amide bonds. The quantitative estimate of drug-likeness (QED) is 0.477. The van der Waals surface area contributed by atoms with Gasteiger partial charge in [-0.1, -0.05) is 41.5 Å². The van der Waals surface area contributed by atoms with E-state index >= 15 is 0 Å². The summed E-state index contributed by atoms with van der Waals surface area (Å²) in [6.45, 7) is 13.1. The summed E-state index contributed by atoms with van der Waals surface area (Å²) in [7, 11) is 0. The lowest BCUT2D eigenvalue weighted by Gasteiger charge is -2.35. The SMILES string of the molecule is CC(C)(C)C(Cl)C(C)(C)C. The molecule has 0 N–H and O–H groups in total. The van der Waals surface area contributed by atoms with Crippen molar-refractivity contribution >= 4 is 11.6 Å². The standard InChI is InChI=1S/C9H19Cl/c1-8(2,3)7(10)9(4,5)6/h7H,1-6H3. The Bertz CT molecular complexity index is 88.9. The van der Waals surface area contributed by atoms with E-state index in [0.717, 1.165) is 0 Å². The molecule has 10 heavy (non-hydrogen) atoms. The van der Waals surface area contributed by atoms with Gasteiger partial charge in [-0.15, -0.1) is 11.6 Å². The largest absolute Gasteiger partial charge is 0.122 e. The third kappa shape index (κ3) is 2.92.